The molecule has 0 unspecified atom stereocenters. The van der Waals surface area contributed by atoms with Gasteiger partial charge in [0.25, 0.3) is 0 Å². The van der Waals surface area contributed by atoms with Crippen LogP contribution in [-0.4, -0.2) is 33.0 Å². The lowest BCUT2D eigenvalue weighted by Gasteiger charge is -2.32. The minimum Gasteiger partial charge on any atom is -0.399 e. The van der Waals surface area contributed by atoms with E-state index in [1.165, 1.54) is 6.26 Å². The van der Waals surface area contributed by atoms with E-state index < -0.39 is 28.2 Å². The maximum Gasteiger partial charge on any atom is 0.494 e. The molecule has 1 fully saturated rings. The van der Waals surface area contributed by atoms with E-state index in [0.29, 0.717) is 4.90 Å². The topological polar surface area (TPSA) is 52.6 Å². The SMILES string of the molecule is C#CC.CC.CC1(C)OB(c2ccc(S(C)(=O)=O)cc2)OC1(C)C. The first kappa shape index (κ1) is 22.7. The number of benzene rings is 1. The van der Waals surface area contributed by atoms with Gasteiger partial charge in [-0.25, -0.2) is 8.42 Å². The first-order chi connectivity index (χ1) is 10.9. The molecule has 0 radical (unpaired) electrons. The molecule has 0 N–H and O–H groups in total. The molecule has 6 heteroatoms. The van der Waals surface area contributed by atoms with Crippen molar-refractivity contribution >= 4 is 22.4 Å². The summed E-state index contributed by atoms with van der Waals surface area (Å²) in [5.74, 6) is 2.25. The predicted molar refractivity (Wildman–Crippen MR) is 101 cm³/mol. The molecule has 1 saturated heterocycles. The number of hydrogen-bond acceptors (Lipinski definition) is 4. The average molecular weight is 352 g/mol. The molecule has 0 atom stereocenters. The summed E-state index contributed by atoms with van der Waals surface area (Å²) in [6.45, 7) is 13.6. The molecule has 0 spiro atoms. The maximum atomic E-state index is 11.4. The van der Waals surface area contributed by atoms with E-state index in [0.717, 1.165) is 5.46 Å². The average Bonchev–Trinajstić information content (AvgIpc) is 2.70. The molecular weight excluding hydrogens is 323 g/mol. The molecule has 0 amide bonds. The van der Waals surface area contributed by atoms with E-state index in [1.807, 2.05) is 41.5 Å². The Kier molecular flexibility index (Phi) is 8.24. The van der Waals surface area contributed by atoms with Crippen molar-refractivity contribution < 1.29 is 17.7 Å². The van der Waals surface area contributed by atoms with Gasteiger partial charge in [0.15, 0.2) is 9.84 Å². The standard InChI is InChI=1S/C13H19BO4S.C3H4.C2H6/c1-12(2)13(3,4)18-14(17-12)10-6-8-11(9-7-10)19(5,15)16;1-3-2;1-2/h6-9H,1-5H3;1H,2H3;1-2H3. The number of sulfone groups is 1. The van der Waals surface area contributed by atoms with Crippen LogP contribution < -0.4 is 5.46 Å². The van der Waals surface area contributed by atoms with E-state index in [9.17, 15) is 8.42 Å². The van der Waals surface area contributed by atoms with Crippen molar-refractivity contribution in [2.24, 2.45) is 0 Å². The monoisotopic (exact) mass is 352 g/mol. The molecule has 1 heterocycles. The quantitative estimate of drug-likeness (QED) is 0.606. The van der Waals surface area contributed by atoms with Crippen LogP contribution in [0.4, 0.5) is 0 Å². The van der Waals surface area contributed by atoms with Crippen LogP contribution in [0.25, 0.3) is 0 Å². The molecule has 1 aromatic rings. The number of rotatable bonds is 2. The van der Waals surface area contributed by atoms with Crippen molar-refractivity contribution in [2.45, 2.75) is 64.6 Å². The third-order valence-corrected chi connectivity index (χ3v) is 4.96. The van der Waals surface area contributed by atoms with Crippen LogP contribution in [-0.2, 0) is 19.1 Å². The van der Waals surface area contributed by atoms with Crippen molar-refractivity contribution in [1.82, 2.24) is 0 Å². The Hall–Kier alpha value is -1.29. The fourth-order valence-electron chi connectivity index (χ4n) is 1.85. The first-order valence-corrected chi connectivity index (χ1v) is 9.87. The van der Waals surface area contributed by atoms with E-state index >= 15 is 0 Å². The zero-order chi connectivity index (χ0) is 19.2. The lowest BCUT2D eigenvalue weighted by atomic mass is 9.79. The zero-order valence-corrected chi connectivity index (χ0v) is 16.8. The first-order valence-electron chi connectivity index (χ1n) is 7.97. The molecule has 0 saturated carbocycles. The summed E-state index contributed by atoms with van der Waals surface area (Å²) in [5, 5.41) is 0. The molecule has 1 aromatic carbocycles. The van der Waals surface area contributed by atoms with Gasteiger partial charge in [0, 0.05) is 6.26 Å². The fraction of sp³-hybridized carbons (Fsp3) is 0.556. The van der Waals surface area contributed by atoms with Crippen LogP contribution in [0.5, 0.6) is 0 Å². The molecule has 2 rings (SSSR count). The number of terminal acetylenes is 1. The van der Waals surface area contributed by atoms with Gasteiger partial charge in [-0.3, -0.25) is 0 Å². The van der Waals surface area contributed by atoms with Crippen LogP contribution >= 0.6 is 0 Å². The van der Waals surface area contributed by atoms with Gasteiger partial charge in [0.1, 0.15) is 0 Å². The van der Waals surface area contributed by atoms with Crippen LogP contribution in [0.2, 0.25) is 0 Å². The minimum absolute atomic E-state index is 0.299. The Morgan fingerprint density at radius 2 is 1.33 bits per heavy atom. The minimum atomic E-state index is -3.17. The van der Waals surface area contributed by atoms with Crippen LogP contribution in [0.15, 0.2) is 29.2 Å². The second-order valence-corrected chi connectivity index (χ2v) is 8.23. The molecule has 0 bridgehead atoms. The van der Waals surface area contributed by atoms with Crippen molar-refractivity contribution in [2.75, 3.05) is 6.26 Å². The smallest absolute Gasteiger partial charge is 0.399 e. The summed E-state index contributed by atoms with van der Waals surface area (Å²) < 4.78 is 34.6. The Bertz CT molecular complexity index is 639. The second kappa shape index (κ2) is 8.71. The van der Waals surface area contributed by atoms with E-state index in [-0.39, 0.29) is 0 Å². The highest BCUT2D eigenvalue weighted by molar-refractivity contribution is 7.90. The van der Waals surface area contributed by atoms with E-state index in [2.05, 4.69) is 12.3 Å². The van der Waals surface area contributed by atoms with Gasteiger partial charge in [-0.1, -0.05) is 26.0 Å². The molecule has 4 nitrogen and oxygen atoms in total. The molecule has 1 aliphatic rings. The predicted octanol–water partition coefficient (Wildman–Crippen LogP) is 3.06. The Balaban J connectivity index is 0.000000952. The third-order valence-electron chi connectivity index (χ3n) is 3.83. The number of hydrogen-bond donors (Lipinski definition) is 0. The summed E-state index contributed by atoms with van der Waals surface area (Å²) in [5.41, 5.74) is 0.0337. The highest BCUT2D eigenvalue weighted by atomic mass is 32.2. The lowest BCUT2D eigenvalue weighted by molar-refractivity contribution is 0.00578. The molecule has 0 aliphatic carbocycles. The summed E-state index contributed by atoms with van der Waals surface area (Å²) in [7, 11) is -3.63. The summed E-state index contributed by atoms with van der Waals surface area (Å²) >= 11 is 0. The summed E-state index contributed by atoms with van der Waals surface area (Å²) in [6.07, 6.45) is 5.79. The molecule has 134 valence electrons. The van der Waals surface area contributed by atoms with Gasteiger partial charge in [-0.15, -0.1) is 12.3 Å². The third kappa shape index (κ3) is 5.66. The zero-order valence-electron chi connectivity index (χ0n) is 16.0. The van der Waals surface area contributed by atoms with Gasteiger partial charge in [-0.05, 0) is 52.2 Å². The van der Waals surface area contributed by atoms with E-state index in [4.69, 9.17) is 9.31 Å². The van der Waals surface area contributed by atoms with Crippen molar-refractivity contribution in [3.8, 4) is 12.3 Å². The van der Waals surface area contributed by atoms with Crippen molar-refractivity contribution in [1.29, 1.82) is 0 Å². The second-order valence-electron chi connectivity index (χ2n) is 6.22. The van der Waals surface area contributed by atoms with E-state index in [1.54, 1.807) is 31.2 Å². The fourth-order valence-corrected chi connectivity index (χ4v) is 2.48. The molecule has 0 aromatic heterocycles. The molecule has 24 heavy (non-hydrogen) atoms. The summed E-state index contributed by atoms with van der Waals surface area (Å²) in [4.78, 5) is 0.299. The Morgan fingerprint density at radius 1 is 1.00 bits per heavy atom. The molecular formula is C18H29BO4S. The van der Waals surface area contributed by atoms with Gasteiger partial charge >= 0.3 is 7.12 Å². The Labute approximate surface area is 148 Å². The largest absolute Gasteiger partial charge is 0.494 e. The van der Waals surface area contributed by atoms with Crippen molar-refractivity contribution in [3.05, 3.63) is 24.3 Å². The van der Waals surface area contributed by atoms with Crippen LogP contribution in [0.3, 0.4) is 0 Å². The van der Waals surface area contributed by atoms with Gasteiger partial charge < -0.3 is 9.31 Å². The van der Waals surface area contributed by atoms with Gasteiger partial charge in [0.05, 0.1) is 16.1 Å². The summed E-state index contributed by atoms with van der Waals surface area (Å²) in [6, 6.07) is 6.63. The maximum absolute atomic E-state index is 11.4. The molecule has 1 aliphatic heterocycles. The van der Waals surface area contributed by atoms with Gasteiger partial charge in [-0.2, -0.15) is 0 Å². The van der Waals surface area contributed by atoms with Crippen LogP contribution in [0, 0.1) is 12.3 Å². The Morgan fingerprint density at radius 3 is 1.62 bits per heavy atom. The highest BCUT2D eigenvalue weighted by Gasteiger charge is 2.51. The normalized spacial score (nSPS) is 17.7. The van der Waals surface area contributed by atoms with Crippen LogP contribution in [0.1, 0.15) is 48.5 Å². The van der Waals surface area contributed by atoms with Crippen molar-refractivity contribution in [3.63, 3.8) is 0 Å². The highest BCUT2D eigenvalue weighted by Crippen LogP contribution is 2.36. The lowest BCUT2D eigenvalue weighted by Crippen LogP contribution is -2.41. The van der Waals surface area contributed by atoms with Gasteiger partial charge in [0.2, 0.25) is 0 Å².